The Bertz CT molecular complexity index is 962. The first-order valence-corrected chi connectivity index (χ1v) is 10.2. The van der Waals surface area contributed by atoms with Crippen LogP contribution in [0.3, 0.4) is 0 Å². The molecule has 2 fully saturated rings. The Kier molecular flexibility index (Phi) is 4.89. The highest BCUT2D eigenvalue weighted by Gasteiger charge is 2.26. The molecule has 0 radical (unpaired) electrons. The highest BCUT2D eigenvalue weighted by molar-refractivity contribution is 5.68. The molecule has 2 aliphatic rings. The molecule has 0 atom stereocenters. The van der Waals surface area contributed by atoms with Crippen LogP contribution in [0.15, 0.2) is 36.9 Å². The van der Waals surface area contributed by atoms with Gasteiger partial charge in [0.2, 0.25) is 5.95 Å². The predicted octanol–water partition coefficient (Wildman–Crippen LogP) is 1.46. The van der Waals surface area contributed by atoms with Gasteiger partial charge in [-0.3, -0.25) is 0 Å². The lowest BCUT2D eigenvalue weighted by Crippen LogP contribution is -2.44. The summed E-state index contributed by atoms with van der Waals surface area (Å²) in [5.74, 6) is 2.80. The third-order valence-corrected chi connectivity index (χ3v) is 5.90. The van der Waals surface area contributed by atoms with E-state index in [1.807, 2.05) is 41.4 Å². The van der Waals surface area contributed by atoms with Gasteiger partial charge in [-0.1, -0.05) is 0 Å². The standard InChI is InChI=1S/C20H26N8O/c1-25(18-3-6-22-20(24-18)27-12-14-29-15-13-27)16-4-9-26(10-5-16)19-17-2-7-23-28(17)11-8-21-19/h2-3,6-8,11,16H,4-5,9-10,12-15H2,1H3. The van der Waals surface area contributed by atoms with Crippen LogP contribution in [0.25, 0.3) is 5.52 Å². The summed E-state index contributed by atoms with van der Waals surface area (Å²) in [7, 11) is 2.14. The molecule has 3 aromatic heterocycles. The Labute approximate surface area is 169 Å². The first-order chi connectivity index (χ1) is 14.3. The second-order valence-corrected chi connectivity index (χ2v) is 7.56. The molecule has 2 aliphatic heterocycles. The second kappa shape index (κ2) is 7.82. The number of aromatic nitrogens is 5. The van der Waals surface area contributed by atoms with Gasteiger partial charge >= 0.3 is 0 Å². The van der Waals surface area contributed by atoms with Crippen molar-refractivity contribution in [3.63, 3.8) is 0 Å². The van der Waals surface area contributed by atoms with Gasteiger partial charge in [0.25, 0.3) is 0 Å². The first-order valence-electron chi connectivity index (χ1n) is 10.2. The maximum atomic E-state index is 5.44. The first kappa shape index (κ1) is 18.1. The number of ether oxygens (including phenoxy) is 1. The van der Waals surface area contributed by atoms with Gasteiger partial charge in [0.15, 0.2) is 5.82 Å². The molecule has 0 saturated carbocycles. The molecule has 0 aromatic carbocycles. The molecule has 0 spiro atoms. The number of anilines is 3. The fourth-order valence-corrected chi connectivity index (χ4v) is 4.19. The zero-order valence-electron chi connectivity index (χ0n) is 16.7. The molecule has 0 bridgehead atoms. The highest BCUT2D eigenvalue weighted by atomic mass is 16.5. The molecule has 0 unspecified atom stereocenters. The monoisotopic (exact) mass is 394 g/mol. The van der Waals surface area contributed by atoms with E-state index < -0.39 is 0 Å². The quantitative estimate of drug-likeness (QED) is 0.658. The van der Waals surface area contributed by atoms with Crippen molar-refractivity contribution in [1.29, 1.82) is 0 Å². The van der Waals surface area contributed by atoms with E-state index in [1.54, 1.807) is 0 Å². The van der Waals surface area contributed by atoms with Crippen molar-refractivity contribution in [3.8, 4) is 0 Å². The number of hydrogen-bond acceptors (Lipinski definition) is 8. The highest BCUT2D eigenvalue weighted by Crippen LogP contribution is 2.26. The van der Waals surface area contributed by atoms with E-state index in [0.29, 0.717) is 6.04 Å². The Morgan fingerprint density at radius 2 is 1.79 bits per heavy atom. The average Bonchev–Trinajstić information content (AvgIpc) is 3.28. The van der Waals surface area contributed by atoms with Crippen LogP contribution < -0.4 is 14.7 Å². The summed E-state index contributed by atoms with van der Waals surface area (Å²) in [6, 6.07) is 4.47. The van der Waals surface area contributed by atoms with Crippen LogP contribution in [0, 0.1) is 0 Å². The molecule has 0 aliphatic carbocycles. The molecule has 29 heavy (non-hydrogen) atoms. The summed E-state index contributed by atoms with van der Waals surface area (Å²) in [6.07, 6.45) is 9.52. The normalized spacial score (nSPS) is 18.4. The van der Waals surface area contributed by atoms with Crippen molar-refractivity contribution in [2.24, 2.45) is 0 Å². The van der Waals surface area contributed by atoms with E-state index in [4.69, 9.17) is 9.72 Å². The topological polar surface area (TPSA) is 74.9 Å². The van der Waals surface area contributed by atoms with Gasteiger partial charge in [-0.15, -0.1) is 0 Å². The number of piperidine rings is 1. The van der Waals surface area contributed by atoms with Gasteiger partial charge in [-0.25, -0.2) is 14.5 Å². The molecule has 0 N–H and O–H groups in total. The van der Waals surface area contributed by atoms with Gasteiger partial charge in [0.05, 0.1) is 19.4 Å². The molecule has 9 heteroatoms. The van der Waals surface area contributed by atoms with Crippen molar-refractivity contribution in [3.05, 3.63) is 36.9 Å². The average molecular weight is 394 g/mol. The Hall–Kier alpha value is -2.94. The zero-order valence-corrected chi connectivity index (χ0v) is 16.7. The summed E-state index contributed by atoms with van der Waals surface area (Å²) in [6.45, 7) is 5.10. The molecular weight excluding hydrogens is 368 g/mol. The molecule has 3 aromatic rings. The maximum Gasteiger partial charge on any atom is 0.227 e. The largest absolute Gasteiger partial charge is 0.378 e. The number of fused-ring (bicyclic) bond motifs is 1. The van der Waals surface area contributed by atoms with Crippen LogP contribution >= 0.6 is 0 Å². The van der Waals surface area contributed by atoms with Gasteiger partial charge in [0, 0.05) is 57.9 Å². The minimum Gasteiger partial charge on any atom is -0.378 e. The molecule has 0 amide bonds. The third kappa shape index (κ3) is 3.57. The Morgan fingerprint density at radius 1 is 0.966 bits per heavy atom. The molecule has 9 nitrogen and oxygen atoms in total. The van der Waals surface area contributed by atoms with Crippen LogP contribution in [0.1, 0.15) is 12.8 Å². The fourth-order valence-electron chi connectivity index (χ4n) is 4.19. The maximum absolute atomic E-state index is 5.44. The van der Waals surface area contributed by atoms with Gasteiger partial charge < -0.3 is 19.4 Å². The van der Waals surface area contributed by atoms with Crippen molar-refractivity contribution in [1.82, 2.24) is 24.6 Å². The van der Waals surface area contributed by atoms with Crippen molar-refractivity contribution < 1.29 is 4.74 Å². The molecule has 5 rings (SSSR count). The van der Waals surface area contributed by atoms with Crippen molar-refractivity contribution >= 4 is 23.1 Å². The van der Waals surface area contributed by atoms with E-state index in [0.717, 1.165) is 75.3 Å². The van der Waals surface area contributed by atoms with Crippen LogP contribution in [0.4, 0.5) is 17.6 Å². The summed E-state index contributed by atoms with van der Waals surface area (Å²) >= 11 is 0. The summed E-state index contributed by atoms with van der Waals surface area (Å²) in [5, 5.41) is 4.32. The van der Waals surface area contributed by atoms with E-state index in [9.17, 15) is 0 Å². The SMILES string of the molecule is CN(c1ccnc(N2CCOCC2)n1)C1CCN(c2nccn3nccc23)CC1. The van der Waals surface area contributed by atoms with Crippen LogP contribution in [-0.4, -0.2) is 77.0 Å². The lowest BCUT2D eigenvalue weighted by atomic mass is 10.0. The van der Waals surface area contributed by atoms with Crippen molar-refractivity contribution in [2.45, 2.75) is 18.9 Å². The van der Waals surface area contributed by atoms with Crippen LogP contribution in [0.5, 0.6) is 0 Å². The number of rotatable bonds is 4. The number of hydrogen-bond donors (Lipinski definition) is 0. The number of morpholine rings is 1. The van der Waals surface area contributed by atoms with Gasteiger partial charge in [-0.05, 0) is 25.0 Å². The number of nitrogens with zero attached hydrogens (tertiary/aromatic N) is 8. The molecule has 5 heterocycles. The van der Waals surface area contributed by atoms with E-state index in [1.165, 1.54) is 0 Å². The molecule has 2 saturated heterocycles. The minimum absolute atomic E-state index is 0.448. The molecule has 152 valence electrons. The van der Waals surface area contributed by atoms with Crippen LogP contribution in [0.2, 0.25) is 0 Å². The predicted molar refractivity (Wildman–Crippen MR) is 112 cm³/mol. The summed E-state index contributed by atoms with van der Waals surface area (Å²) in [4.78, 5) is 20.8. The van der Waals surface area contributed by atoms with Crippen molar-refractivity contribution in [2.75, 3.05) is 61.1 Å². The summed E-state index contributed by atoms with van der Waals surface area (Å²) in [5.41, 5.74) is 1.06. The van der Waals surface area contributed by atoms with Gasteiger partial charge in [-0.2, -0.15) is 10.1 Å². The molecular formula is C20H26N8O. The second-order valence-electron chi connectivity index (χ2n) is 7.56. The zero-order chi connectivity index (χ0) is 19.6. The van der Waals surface area contributed by atoms with Crippen LogP contribution in [-0.2, 0) is 4.74 Å². The minimum atomic E-state index is 0.448. The Balaban J connectivity index is 1.26. The van der Waals surface area contributed by atoms with Gasteiger partial charge in [0.1, 0.15) is 11.3 Å². The summed E-state index contributed by atoms with van der Waals surface area (Å²) < 4.78 is 7.32. The Morgan fingerprint density at radius 3 is 2.62 bits per heavy atom. The smallest absolute Gasteiger partial charge is 0.227 e. The van der Waals surface area contributed by atoms with E-state index in [2.05, 4.69) is 36.8 Å². The lowest BCUT2D eigenvalue weighted by Gasteiger charge is -2.38. The fraction of sp³-hybridized carbons (Fsp3) is 0.500. The lowest BCUT2D eigenvalue weighted by molar-refractivity contribution is 0.122. The van der Waals surface area contributed by atoms with E-state index >= 15 is 0 Å². The van der Waals surface area contributed by atoms with E-state index in [-0.39, 0.29) is 0 Å². The third-order valence-electron chi connectivity index (χ3n) is 5.90.